The predicted octanol–water partition coefficient (Wildman–Crippen LogP) is 3.18. The Labute approximate surface area is 82.7 Å². The maximum atomic E-state index is 12.9. The number of rotatable bonds is 1. The quantitative estimate of drug-likeness (QED) is 0.710. The van der Waals surface area contributed by atoms with Gasteiger partial charge in [-0.1, -0.05) is 0 Å². The first-order valence-electron chi connectivity index (χ1n) is 3.12. The van der Waals surface area contributed by atoms with Gasteiger partial charge in [-0.3, -0.25) is 0 Å². The average Bonchev–Trinajstić information content (AvgIpc) is 2.09. The zero-order valence-corrected chi connectivity index (χ0v) is 8.67. The Kier molecular flexibility index (Phi) is 3.12. The molecule has 0 aliphatic carbocycles. The molecule has 4 heteroatoms. The van der Waals surface area contributed by atoms with Gasteiger partial charge in [0, 0.05) is 4.90 Å². The number of halogens is 2. The van der Waals surface area contributed by atoms with Crippen LogP contribution in [-0.2, 0) is 0 Å². The van der Waals surface area contributed by atoms with Crippen LogP contribution in [-0.4, -0.2) is 6.26 Å². The second-order valence-electron chi connectivity index (χ2n) is 2.05. The van der Waals surface area contributed by atoms with Crippen molar-refractivity contribution in [2.45, 2.75) is 4.90 Å². The lowest BCUT2D eigenvalue weighted by atomic mass is 10.2. The van der Waals surface area contributed by atoms with Crippen LogP contribution in [0, 0.1) is 17.1 Å². The molecule has 1 rings (SSSR count). The second kappa shape index (κ2) is 3.92. The smallest absolute Gasteiger partial charge is 0.138 e. The van der Waals surface area contributed by atoms with Gasteiger partial charge in [-0.25, -0.2) is 4.39 Å². The lowest BCUT2D eigenvalue weighted by Gasteiger charge is -2.02. The van der Waals surface area contributed by atoms with Crippen LogP contribution in [0.4, 0.5) is 4.39 Å². The molecule has 0 saturated heterocycles. The van der Waals surface area contributed by atoms with Crippen LogP contribution >= 0.6 is 27.7 Å². The van der Waals surface area contributed by atoms with Crippen molar-refractivity contribution in [1.82, 2.24) is 0 Å². The molecule has 0 atom stereocenters. The molecule has 0 saturated carbocycles. The van der Waals surface area contributed by atoms with Crippen LogP contribution in [0.2, 0.25) is 0 Å². The first kappa shape index (κ1) is 9.56. The number of benzene rings is 1. The van der Waals surface area contributed by atoms with Crippen molar-refractivity contribution in [1.29, 1.82) is 5.26 Å². The highest BCUT2D eigenvalue weighted by molar-refractivity contribution is 9.10. The third-order valence-corrected chi connectivity index (χ3v) is 2.94. The van der Waals surface area contributed by atoms with Gasteiger partial charge >= 0.3 is 0 Å². The van der Waals surface area contributed by atoms with E-state index in [0.717, 1.165) is 4.90 Å². The van der Waals surface area contributed by atoms with Gasteiger partial charge in [-0.15, -0.1) is 11.8 Å². The molecule has 1 aromatic rings. The Morgan fingerprint density at radius 3 is 2.75 bits per heavy atom. The molecule has 0 radical (unpaired) electrons. The lowest BCUT2D eigenvalue weighted by molar-refractivity contribution is 0.619. The summed E-state index contributed by atoms with van der Waals surface area (Å²) in [5.74, 6) is -0.399. The second-order valence-corrected chi connectivity index (χ2v) is 3.69. The highest BCUT2D eigenvalue weighted by Gasteiger charge is 2.09. The van der Waals surface area contributed by atoms with E-state index in [9.17, 15) is 4.39 Å². The van der Waals surface area contributed by atoms with Gasteiger partial charge < -0.3 is 0 Å². The summed E-state index contributed by atoms with van der Waals surface area (Å²) in [4.78, 5) is 0.783. The highest BCUT2D eigenvalue weighted by Crippen LogP contribution is 2.28. The van der Waals surface area contributed by atoms with Crippen LogP contribution in [0.1, 0.15) is 5.56 Å². The van der Waals surface area contributed by atoms with E-state index in [1.807, 2.05) is 12.3 Å². The molecule has 0 bridgehead atoms. The minimum Gasteiger partial charge on any atom is -0.206 e. The van der Waals surface area contributed by atoms with Gasteiger partial charge in [0.2, 0.25) is 0 Å². The molecule has 12 heavy (non-hydrogen) atoms. The summed E-state index contributed by atoms with van der Waals surface area (Å²) in [6.45, 7) is 0. The largest absolute Gasteiger partial charge is 0.206 e. The minimum atomic E-state index is -0.399. The van der Waals surface area contributed by atoms with Gasteiger partial charge in [-0.2, -0.15) is 5.26 Å². The van der Waals surface area contributed by atoms with Gasteiger partial charge in [0.05, 0.1) is 10.0 Å². The lowest BCUT2D eigenvalue weighted by Crippen LogP contribution is -1.86. The van der Waals surface area contributed by atoms with Crippen LogP contribution in [0.3, 0.4) is 0 Å². The van der Waals surface area contributed by atoms with Gasteiger partial charge in [-0.05, 0) is 34.3 Å². The zero-order valence-electron chi connectivity index (χ0n) is 6.27. The van der Waals surface area contributed by atoms with E-state index in [4.69, 9.17) is 5.26 Å². The molecule has 1 nitrogen and oxygen atoms in total. The van der Waals surface area contributed by atoms with Crippen LogP contribution < -0.4 is 0 Å². The van der Waals surface area contributed by atoms with E-state index in [-0.39, 0.29) is 4.47 Å². The van der Waals surface area contributed by atoms with Crippen molar-refractivity contribution < 1.29 is 4.39 Å². The van der Waals surface area contributed by atoms with E-state index >= 15 is 0 Å². The molecule has 62 valence electrons. The summed E-state index contributed by atoms with van der Waals surface area (Å²) in [6, 6.07) is 4.89. The van der Waals surface area contributed by atoms with E-state index in [2.05, 4.69) is 15.9 Å². The van der Waals surface area contributed by atoms with Crippen LogP contribution in [0.5, 0.6) is 0 Å². The first-order chi connectivity index (χ1) is 5.70. The molecular weight excluding hydrogens is 241 g/mol. The Hall–Kier alpha value is -0.530. The Morgan fingerprint density at radius 2 is 2.25 bits per heavy atom. The fourth-order valence-electron chi connectivity index (χ4n) is 0.807. The fourth-order valence-corrected chi connectivity index (χ4v) is 1.93. The van der Waals surface area contributed by atoms with Gasteiger partial charge in [0.1, 0.15) is 11.9 Å². The number of thioether (sulfide) groups is 1. The Balaban J connectivity index is 3.38. The number of hydrogen-bond donors (Lipinski definition) is 0. The molecule has 0 aliphatic heterocycles. The van der Waals surface area contributed by atoms with Crippen LogP contribution in [0.15, 0.2) is 21.5 Å². The summed E-state index contributed by atoms with van der Waals surface area (Å²) >= 11 is 4.44. The summed E-state index contributed by atoms with van der Waals surface area (Å²) < 4.78 is 13.1. The maximum absolute atomic E-state index is 12.9. The standard InChI is InChI=1S/C8H5BrFNS/c1-12-7-3-2-6(10)8(9)5(7)4-11/h2-3H,1H3. The third-order valence-electron chi connectivity index (χ3n) is 1.39. The van der Waals surface area contributed by atoms with Crippen molar-refractivity contribution in [2.24, 2.45) is 0 Å². The maximum Gasteiger partial charge on any atom is 0.138 e. The van der Waals surface area contributed by atoms with Crippen molar-refractivity contribution >= 4 is 27.7 Å². The van der Waals surface area contributed by atoms with Crippen LogP contribution in [0.25, 0.3) is 0 Å². The van der Waals surface area contributed by atoms with E-state index in [1.165, 1.54) is 17.8 Å². The number of nitriles is 1. The Morgan fingerprint density at radius 1 is 1.58 bits per heavy atom. The molecule has 0 aromatic heterocycles. The van der Waals surface area contributed by atoms with Crippen molar-refractivity contribution in [3.05, 3.63) is 28.0 Å². The molecule has 0 N–H and O–H groups in total. The SMILES string of the molecule is CSc1ccc(F)c(Br)c1C#N. The summed E-state index contributed by atoms with van der Waals surface area (Å²) in [5, 5.41) is 8.69. The Bertz CT molecular complexity index is 346. The van der Waals surface area contributed by atoms with Gasteiger partial charge in [0.15, 0.2) is 0 Å². The summed E-state index contributed by atoms with van der Waals surface area (Å²) in [6.07, 6.45) is 1.85. The fraction of sp³-hybridized carbons (Fsp3) is 0.125. The van der Waals surface area contributed by atoms with E-state index in [0.29, 0.717) is 5.56 Å². The third kappa shape index (κ3) is 1.62. The normalized spacial score (nSPS) is 9.50. The van der Waals surface area contributed by atoms with Crippen molar-refractivity contribution in [3.8, 4) is 6.07 Å². The molecular formula is C8H5BrFNS. The summed E-state index contributed by atoms with van der Waals surface area (Å²) in [5.41, 5.74) is 0.363. The topological polar surface area (TPSA) is 23.8 Å². The average molecular weight is 246 g/mol. The first-order valence-corrected chi connectivity index (χ1v) is 5.14. The molecule has 0 fully saturated rings. The molecule has 0 unspecified atom stereocenters. The van der Waals surface area contributed by atoms with Gasteiger partial charge in [0.25, 0.3) is 0 Å². The zero-order chi connectivity index (χ0) is 9.14. The minimum absolute atomic E-state index is 0.247. The monoisotopic (exact) mass is 245 g/mol. The highest BCUT2D eigenvalue weighted by atomic mass is 79.9. The number of hydrogen-bond acceptors (Lipinski definition) is 2. The molecule has 0 aliphatic rings. The molecule has 0 heterocycles. The molecule has 0 spiro atoms. The predicted molar refractivity (Wildman–Crippen MR) is 50.6 cm³/mol. The van der Waals surface area contributed by atoms with Crippen molar-refractivity contribution in [3.63, 3.8) is 0 Å². The number of nitrogens with zero attached hydrogens (tertiary/aromatic N) is 1. The van der Waals surface area contributed by atoms with E-state index < -0.39 is 5.82 Å². The van der Waals surface area contributed by atoms with Crippen molar-refractivity contribution in [2.75, 3.05) is 6.26 Å². The molecule has 1 aromatic carbocycles. The summed E-state index contributed by atoms with van der Waals surface area (Å²) in [7, 11) is 0. The molecule has 0 amide bonds. The van der Waals surface area contributed by atoms with E-state index in [1.54, 1.807) is 6.07 Å².